The SMILES string of the molecule is Cc1c(Br)cccc1C(O)C1=CCCCC1. The van der Waals surface area contributed by atoms with Gasteiger partial charge in [-0.15, -0.1) is 0 Å². The zero-order valence-electron chi connectivity index (χ0n) is 9.54. The first kappa shape index (κ1) is 11.9. The molecule has 0 aliphatic heterocycles. The van der Waals surface area contributed by atoms with Gasteiger partial charge in [-0.2, -0.15) is 0 Å². The van der Waals surface area contributed by atoms with Crippen LogP contribution in [0.4, 0.5) is 0 Å². The van der Waals surface area contributed by atoms with Crippen molar-refractivity contribution in [2.45, 2.75) is 38.7 Å². The van der Waals surface area contributed by atoms with Crippen molar-refractivity contribution in [3.8, 4) is 0 Å². The number of halogens is 1. The Hall–Kier alpha value is -0.600. The van der Waals surface area contributed by atoms with Gasteiger partial charge in [-0.05, 0) is 55.4 Å². The number of hydrogen-bond acceptors (Lipinski definition) is 1. The van der Waals surface area contributed by atoms with Gasteiger partial charge >= 0.3 is 0 Å². The molecule has 0 bridgehead atoms. The van der Waals surface area contributed by atoms with Crippen LogP contribution in [0.3, 0.4) is 0 Å². The normalized spacial score (nSPS) is 18.1. The molecule has 0 amide bonds. The van der Waals surface area contributed by atoms with Crippen LogP contribution in [-0.4, -0.2) is 5.11 Å². The molecule has 0 radical (unpaired) electrons. The number of aliphatic hydroxyl groups is 1. The summed E-state index contributed by atoms with van der Waals surface area (Å²) in [4.78, 5) is 0. The van der Waals surface area contributed by atoms with E-state index in [2.05, 4.69) is 22.0 Å². The van der Waals surface area contributed by atoms with Crippen LogP contribution in [0.25, 0.3) is 0 Å². The van der Waals surface area contributed by atoms with Crippen LogP contribution in [0.5, 0.6) is 0 Å². The topological polar surface area (TPSA) is 20.2 Å². The molecule has 1 nitrogen and oxygen atoms in total. The fraction of sp³-hybridized carbons (Fsp3) is 0.429. The molecule has 86 valence electrons. The van der Waals surface area contributed by atoms with Gasteiger partial charge in [0.05, 0.1) is 0 Å². The van der Waals surface area contributed by atoms with E-state index in [1.54, 1.807) is 0 Å². The molecule has 0 saturated carbocycles. The summed E-state index contributed by atoms with van der Waals surface area (Å²) in [5.41, 5.74) is 3.36. The smallest absolute Gasteiger partial charge is 0.100 e. The summed E-state index contributed by atoms with van der Waals surface area (Å²) in [6.07, 6.45) is 6.39. The molecule has 1 atom stereocenters. The monoisotopic (exact) mass is 280 g/mol. The van der Waals surface area contributed by atoms with Crippen LogP contribution in [0.1, 0.15) is 42.9 Å². The second-order valence-corrected chi connectivity index (χ2v) is 5.24. The van der Waals surface area contributed by atoms with Crippen molar-refractivity contribution in [2.24, 2.45) is 0 Å². The molecule has 1 aromatic rings. The summed E-state index contributed by atoms with van der Waals surface area (Å²) in [5.74, 6) is 0. The second kappa shape index (κ2) is 5.15. The molecular weight excluding hydrogens is 264 g/mol. The summed E-state index contributed by atoms with van der Waals surface area (Å²) in [6.45, 7) is 2.05. The average molecular weight is 281 g/mol. The fourth-order valence-corrected chi connectivity index (χ4v) is 2.61. The van der Waals surface area contributed by atoms with E-state index in [1.165, 1.54) is 18.4 Å². The average Bonchev–Trinajstić information content (AvgIpc) is 2.33. The Bertz CT molecular complexity index is 409. The van der Waals surface area contributed by atoms with Crippen molar-refractivity contribution < 1.29 is 5.11 Å². The highest BCUT2D eigenvalue weighted by molar-refractivity contribution is 9.10. The standard InChI is InChI=1S/C14H17BrO/c1-10-12(8-5-9-13(10)15)14(16)11-6-3-2-4-7-11/h5-6,8-9,14,16H,2-4,7H2,1H3. The number of rotatable bonds is 2. The fourth-order valence-electron chi connectivity index (χ4n) is 2.23. The summed E-state index contributed by atoms with van der Waals surface area (Å²) in [5, 5.41) is 10.4. The number of benzene rings is 1. The van der Waals surface area contributed by atoms with Crippen LogP contribution in [0.2, 0.25) is 0 Å². The van der Waals surface area contributed by atoms with Gasteiger partial charge in [0.15, 0.2) is 0 Å². The van der Waals surface area contributed by atoms with Crippen molar-refractivity contribution in [3.63, 3.8) is 0 Å². The van der Waals surface area contributed by atoms with Crippen molar-refractivity contribution in [2.75, 3.05) is 0 Å². The van der Waals surface area contributed by atoms with Gasteiger partial charge in [0.2, 0.25) is 0 Å². The predicted octanol–water partition coefficient (Wildman–Crippen LogP) is 4.29. The van der Waals surface area contributed by atoms with Crippen LogP contribution in [-0.2, 0) is 0 Å². The van der Waals surface area contributed by atoms with Gasteiger partial charge in [-0.25, -0.2) is 0 Å². The Morgan fingerprint density at radius 1 is 1.31 bits per heavy atom. The second-order valence-electron chi connectivity index (χ2n) is 4.38. The van der Waals surface area contributed by atoms with Crippen LogP contribution in [0, 0.1) is 6.92 Å². The van der Waals surface area contributed by atoms with Gasteiger partial charge in [-0.1, -0.05) is 34.1 Å². The lowest BCUT2D eigenvalue weighted by Gasteiger charge is -2.20. The molecule has 1 unspecified atom stereocenters. The van der Waals surface area contributed by atoms with Crippen molar-refractivity contribution in [3.05, 3.63) is 45.4 Å². The van der Waals surface area contributed by atoms with Crippen molar-refractivity contribution in [1.82, 2.24) is 0 Å². The van der Waals surface area contributed by atoms with E-state index < -0.39 is 6.10 Å². The lowest BCUT2D eigenvalue weighted by molar-refractivity contribution is 0.207. The van der Waals surface area contributed by atoms with Crippen molar-refractivity contribution >= 4 is 15.9 Å². The Morgan fingerprint density at radius 3 is 2.81 bits per heavy atom. The molecule has 2 heteroatoms. The molecule has 1 aliphatic rings. The Labute approximate surface area is 105 Å². The maximum Gasteiger partial charge on any atom is 0.100 e. The molecule has 16 heavy (non-hydrogen) atoms. The summed E-state index contributed by atoms with van der Waals surface area (Å²) < 4.78 is 1.07. The van der Waals surface area contributed by atoms with Gasteiger partial charge in [-0.3, -0.25) is 0 Å². The van der Waals surface area contributed by atoms with E-state index in [0.29, 0.717) is 0 Å². The predicted molar refractivity (Wildman–Crippen MR) is 70.4 cm³/mol. The zero-order valence-corrected chi connectivity index (χ0v) is 11.1. The van der Waals surface area contributed by atoms with Gasteiger partial charge in [0.25, 0.3) is 0 Å². The Balaban J connectivity index is 2.29. The third-order valence-electron chi connectivity index (χ3n) is 3.28. The van der Waals surface area contributed by atoms with E-state index in [-0.39, 0.29) is 0 Å². The van der Waals surface area contributed by atoms with E-state index in [9.17, 15) is 5.11 Å². The minimum Gasteiger partial charge on any atom is -0.384 e. The minimum atomic E-state index is -0.419. The molecule has 0 saturated heterocycles. The van der Waals surface area contributed by atoms with Crippen LogP contribution in [0.15, 0.2) is 34.3 Å². The van der Waals surface area contributed by atoms with Gasteiger partial charge in [0, 0.05) is 4.47 Å². The Kier molecular flexibility index (Phi) is 3.82. The van der Waals surface area contributed by atoms with Gasteiger partial charge < -0.3 is 5.11 Å². The lowest BCUT2D eigenvalue weighted by Crippen LogP contribution is -2.06. The van der Waals surface area contributed by atoms with Crippen LogP contribution >= 0.6 is 15.9 Å². The third kappa shape index (κ3) is 2.38. The van der Waals surface area contributed by atoms with E-state index in [0.717, 1.165) is 28.4 Å². The molecule has 0 aromatic heterocycles. The summed E-state index contributed by atoms with van der Waals surface area (Å²) in [7, 11) is 0. The highest BCUT2D eigenvalue weighted by Crippen LogP contribution is 2.33. The lowest BCUT2D eigenvalue weighted by atomic mass is 9.90. The number of allylic oxidation sites excluding steroid dienone is 1. The molecule has 0 heterocycles. The molecule has 2 rings (SSSR count). The molecular formula is C14H17BrO. The van der Waals surface area contributed by atoms with E-state index in [1.807, 2.05) is 25.1 Å². The molecule has 0 spiro atoms. The quantitative estimate of drug-likeness (QED) is 0.802. The molecule has 1 N–H and O–H groups in total. The van der Waals surface area contributed by atoms with Crippen LogP contribution < -0.4 is 0 Å². The first-order valence-electron chi connectivity index (χ1n) is 5.82. The zero-order chi connectivity index (χ0) is 11.5. The number of hydrogen-bond donors (Lipinski definition) is 1. The maximum atomic E-state index is 10.4. The van der Waals surface area contributed by atoms with Gasteiger partial charge in [0.1, 0.15) is 6.10 Å². The molecule has 1 aromatic carbocycles. The van der Waals surface area contributed by atoms with E-state index in [4.69, 9.17) is 0 Å². The summed E-state index contributed by atoms with van der Waals surface area (Å²) in [6, 6.07) is 6.01. The molecule has 0 fully saturated rings. The first-order chi connectivity index (χ1) is 7.70. The highest BCUT2D eigenvalue weighted by Gasteiger charge is 2.17. The third-order valence-corrected chi connectivity index (χ3v) is 4.14. The Morgan fingerprint density at radius 2 is 2.12 bits per heavy atom. The first-order valence-corrected chi connectivity index (χ1v) is 6.61. The molecule has 1 aliphatic carbocycles. The van der Waals surface area contributed by atoms with E-state index >= 15 is 0 Å². The summed E-state index contributed by atoms with van der Waals surface area (Å²) >= 11 is 3.51. The maximum absolute atomic E-state index is 10.4. The highest BCUT2D eigenvalue weighted by atomic mass is 79.9. The number of aliphatic hydroxyl groups excluding tert-OH is 1. The van der Waals surface area contributed by atoms with Crippen molar-refractivity contribution in [1.29, 1.82) is 0 Å². The minimum absolute atomic E-state index is 0.419. The largest absolute Gasteiger partial charge is 0.384 e.